The summed E-state index contributed by atoms with van der Waals surface area (Å²) < 4.78 is 0. The molecule has 15 heavy (non-hydrogen) atoms. The molecule has 0 spiro atoms. The number of carbonyl (C=O) groups excluding carboxylic acids is 1. The Morgan fingerprint density at radius 2 is 2.33 bits per heavy atom. The van der Waals surface area contributed by atoms with Crippen LogP contribution in [-0.4, -0.2) is 17.7 Å². The summed E-state index contributed by atoms with van der Waals surface area (Å²) in [5.74, 6) is 5.65. The number of aliphatic hydroxyl groups excluding tert-OH is 1. The van der Waals surface area contributed by atoms with Gasteiger partial charge in [-0.15, -0.1) is 0 Å². The second-order valence-electron chi connectivity index (χ2n) is 2.85. The zero-order valence-electron chi connectivity index (χ0n) is 8.16. The van der Waals surface area contributed by atoms with Crippen LogP contribution in [-0.2, 0) is 0 Å². The van der Waals surface area contributed by atoms with Crippen LogP contribution in [0, 0.1) is 11.8 Å². The van der Waals surface area contributed by atoms with Crippen molar-refractivity contribution in [3.63, 3.8) is 0 Å². The van der Waals surface area contributed by atoms with Crippen molar-refractivity contribution in [1.29, 1.82) is 0 Å². The number of nitrogens with one attached hydrogen (secondary N) is 1. The number of urea groups is 1. The lowest BCUT2D eigenvalue weighted by molar-refractivity contribution is 0.259. The Labute approximate surface area is 88.1 Å². The number of rotatable bonds is 2. The highest BCUT2D eigenvalue weighted by Gasteiger charge is 1.95. The average molecular weight is 204 g/mol. The maximum absolute atomic E-state index is 10.6. The first-order valence-corrected chi connectivity index (χ1v) is 4.48. The molecule has 0 unspecified atom stereocenters. The summed E-state index contributed by atoms with van der Waals surface area (Å²) in [6.07, 6.45) is 0.438. The van der Waals surface area contributed by atoms with E-state index in [2.05, 4.69) is 17.2 Å². The largest absolute Gasteiger partial charge is 0.395 e. The smallest absolute Gasteiger partial charge is 0.316 e. The molecule has 0 saturated carbocycles. The number of benzene rings is 1. The lowest BCUT2D eigenvalue weighted by Gasteiger charge is -2.00. The SMILES string of the molecule is NC(=O)Nc1cccc(C#CCCO)c1. The zero-order chi connectivity index (χ0) is 11.1. The molecule has 0 bridgehead atoms. The van der Waals surface area contributed by atoms with Crippen molar-refractivity contribution in [3.8, 4) is 11.8 Å². The summed E-state index contributed by atoms with van der Waals surface area (Å²) in [4.78, 5) is 10.6. The number of hydrogen-bond donors (Lipinski definition) is 3. The third kappa shape index (κ3) is 4.16. The van der Waals surface area contributed by atoms with Crippen molar-refractivity contribution in [3.05, 3.63) is 29.8 Å². The van der Waals surface area contributed by atoms with E-state index in [1.165, 1.54) is 0 Å². The Kier molecular flexibility index (Phi) is 4.20. The molecule has 0 radical (unpaired) electrons. The predicted octanol–water partition coefficient (Wildman–Crippen LogP) is 0.911. The summed E-state index contributed by atoms with van der Waals surface area (Å²) in [7, 11) is 0. The van der Waals surface area contributed by atoms with Gasteiger partial charge in [-0.25, -0.2) is 4.79 Å². The highest BCUT2D eigenvalue weighted by Crippen LogP contribution is 2.09. The molecule has 1 aromatic carbocycles. The average Bonchev–Trinajstić information content (AvgIpc) is 2.18. The van der Waals surface area contributed by atoms with Crippen molar-refractivity contribution in [2.24, 2.45) is 5.73 Å². The molecule has 4 nitrogen and oxygen atoms in total. The normalized spacial score (nSPS) is 8.87. The molecule has 4 N–H and O–H groups in total. The first kappa shape index (κ1) is 11.1. The van der Waals surface area contributed by atoms with Gasteiger partial charge in [0.2, 0.25) is 0 Å². The molecule has 0 aliphatic rings. The van der Waals surface area contributed by atoms with Crippen molar-refractivity contribution in [1.82, 2.24) is 0 Å². The van der Waals surface area contributed by atoms with E-state index in [0.29, 0.717) is 12.1 Å². The summed E-state index contributed by atoms with van der Waals surface area (Å²) in [5, 5.41) is 11.0. The van der Waals surface area contributed by atoms with E-state index in [0.717, 1.165) is 5.56 Å². The van der Waals surface area contributed by atoms with Gasteiger partial charge in [-0.2, -0.15) is 0 Å². The molecule has 0 saturated heterocycles. The van der Waals surface area contributed by atoms with Gasteiger partial charge in [0.25, 0.3) is 0 Å². The Balaban J connectivity index is 2.75. The second kappa shape index (κ2) is 5.68. The van der Waals surface area contributed by atoms with Crippen LogP contribution in [0.15, 0.2) is 24.3 Å². The van der Waals surface area contributed by atoms with E-state index in [9.17, 15) is 4.79 Å². The minimum atomic E-state index is -0.601. The van der Waals surface area contributed by atoms with Crippen LogP contribution in [0.3, 0.4) is 0 Å². The molecule has 0 aliphatic carbocycles. The van der Waals surface area contributed by atoms with Crippen molar-refractivity contribution in [2.75, 3.05) is 11.9 Å². The van der Waals surface area contributed by atoms with E-state index in [4.69, 9.17) is 10.8 Å². The first-order valence-electron chi connectivity index (χ1n) is 4.48. The van der Waals surface area contributed by atoms with Crippen molar-refractivity contribution >= 4 is 11.7 Å². The molecule has 0 atom stereocenters. The standard InChI is InChI=1S/C11H12N2O2/c12-11(15)13-10-6-3-5-9(8-10)4-1-2-7-14/h3,5-6,8,14H,2,7H2,(H3,12,13,15). The third-order valence-corrected chi connectivity index (χ3v) is 1.60. The Bertz CT molecular complexity index is 405. The molecule has 2 amide bonds. The maximum Gasteiger partial charge on any atom is 0.316 e. The van der Waals surface area contributed by atoms with Gasteiger partial charge in [0, 0.05) is 17.7 Å². The van der Waals surface area contributed by atoms with Crippen LogP contribution in [0.1, 0.15) is 12.0 Å². The molecule has 0 aromatic heterocycles. The number of hydrogen-bond acceptors (Lipinski definition) is 2. The number of aliphatic hydroxyl groups is 1. The van der Waals surface area contributed by atoms with Crippen LogP contribution >= 0.6 is 0 Å². The maximum atomic E-state index is 10.6. The summed E-state index contributed by atoms with van der Waals surface area (Å²) >= 11 is 0. The molecule has 78 valence electrons. The number of anilines is 1. The molecule has 1 rings (SSSR count). The highest BCUT2D eigenvalue weighted by molar-refractivity contribution is 5.87. The second-order valence-corrected chi connectivity index (χ2v) is 2.85. The van der Waals surface area contributed by atoms with Crippen LogP contribution in [0.2, 0.25) is 0 Å². The van der Waals surface area contributed by atoms with Crippen LogP contribution in [0.25, 0.3) is 0 Å². The van der Waals surface area contributed by atoms with Gasteiger partial charge in [0.15, 0.2) is 0 Å². The van der Waals surface area contributed by atoms with Gasteiger partial charge in [-0.1, -0.05) is 17.9 Å². The van der Waals surface area contributed by atoms with E-state index in [1.54, 1.807) is 18.2 Å². The molecular weight excluding hydrogens is 192 g/mol. The van der Waals surface area contributed by atoms with Gasteiger partial charge in [-0.05, 0) is 18.2 Å². The Morgan fingerprint density at radius 3 is 3.00 bits per heavy atom. The number of nitrogens with two attached hydrogens (primary N) is 1. The highest BCUT2D eigenvalue weighted by atomic mass is 16.2. The fourth-order valence-corrected chi connectivity index (χ4v) is 1.04. The minimum absolute atomic E-state index is 0.0478. The van der Waals surface area contributed by atoms with Gasteiger partial charge >= 0.3 is 6.03 Å². The molecule has 1 aromatic rings. The van der Waals surface area contributed by atoms with E-state index in [-0.39, 0.29) is 6.61 Å². The van der Waals surface area contributed by atoms with E-state index in [1.807, 2.05) is 6.07 Å². The lowest BCUT2D eigenvalue weighted by Crippen LogP contribution is -2.19. The van der Waals surface area contributed by atoms with E-state index >= 15 is 0 Å². The van der Waals surface area contributed by atoms with Crippen LogP contribution in [0.5, 0.6) is 0 Å². The quantitative estimate of drug-likeness (QED) is 0.626. The fourth-order valence-electron chi connectivity index (χ4n) is 1.04. The summed E-state index contributed by atoms with van der Waals surface area (Å²) in [6, 6.07) is 6.43. The molecule has 0 aliphatic heterocycles. The fraction of sp³-hybridized carbons (Fsp3) is 0.182. The van der Waals surface area contributed by atoms with Crippen molar-refractivity contribution in [2.45, 2.75) is 6.42 Å². The minimum Gasteiger partial charge on any atom is -0.395 e. The molecular formula is C11H12N2O2. The molecule has 4 heteroatoms. The lowest BCUT2D eigenvalue weighted by atomic mass is 10.2. The number of primary amides is 1. The zero-order valence-corrected chi connectivity index (χ0v) is 8.16. The Hall–Kier alpha value is -1.99. The number of carbonyl (C=O) groups is 1. The summed E-state index contributed by atoms with van der Waals surface area (Å²) in [5.41, 5.74) is 6.36. The number of amides is 2. The van der Waals surface area contributed by atoms with E-state index < -0.39 is 6.03 Å². The molecule has 0 heterocycles. The first-order chi connectivity index (χ1) is 7.22. The summed E-state index contributed by atoms with van der Waals surface area (Å²) in [6.45, 7) is 0.0478. The van der Waals surface area contributed by atoms with Crippen LogP contribution < -0.4 is 11.1 Å². The Morgan fingerprint density at radius 1 is 1.53 bits per heavy atom. The molecule has 0 fully saturated rings. The van der Waals surface area contributed by atoms with Gasteiger partial charge in [-0.3, -0.25) is 0 Å². The van der Waals surface area contributed by atoms with Gasteiger partial charge in [0.1, 0.15) is 0 Å². The van der Waals surface area contributed by atoms with Gasteiger partial charge < -0.3 is 16.2 Å². The van der Waals surface area contributed by atoms with Gasteiger partial charge in [0.05, 0.1) is 6.61 Å². The predicted molar refractivity (Wildman–Crippen MR) is 58.2 cm³/mol. The monoisotopic (exact) mass is 204 g/mol. The van der Waals surface area contributed by atoms with Crippen molar-refractivity contribution < 1.29 is 9.90 Å². The third-order valence-electron chi connectivity index (χ3n) is 1.60. The topological polar surface area (TPSA) is 75.4 Å². The van der Waals surface area contributed by atoms with Crippen LogP contribution in [0.4, 0.5) is 10.5 Å².